The first-order valence-corrected chi connectivity index (χ1v) is 4.86. The second-order valence-corrected chi connectivity index (χ2v) is 3.72. The summed E-state index contributed by atoms with van der Waals surface area (Å²) in [6, 6.07) is 5.58. The number of carbonyl (C=O) groups excluding carboxylic acids is 1. The Balaban J connectivity index is 2.23. The summed E-state index contributed by atoms with van der Waals surface area (Å²) in [5.41, 5.74) is 0.411. The Kier molecular flexibility index (Phi) is 2.60. The summed E-state index contributed by atoms with van der Waals surface area (Å²) in [6.07, 6.45) is -0.0220. The molecule has 1 amide bonds. The molecule has 1 aromatic rings. The van der Waals surface area contributed by atoms with Gasteiger partial charge in [0.05, 0.1) is 5.92 Å². The fraction of sp³-hybridized carbons (Fsp3) is 0.273. The van der Waals surface area contributed by atoms with E-state index in [0.717, 1.165) is 0 Å². The Hall–Kier alpha value is -1.91. The molecule has 1 fully saturated rings. The summed E-state index contributed by atoms with van der Waals surface area (Å²) in [5, 5.41) is 8.80. The third kappa shape index (κ3) is 1.88. The number of amides is 1. The quantitative estimate of drug-likeness (QED) is 0.821. The highest BCUT2D eigenvalue weighted by Gasteiger charge is 2.35. The van der Waals surface area contributed by atoms with Gasteiger partial charge in [-0.2, -0.15) is 0 Å². The van der Waals surface area contributed by atoms with Crippen LogP contribution in [0.25, 0.3) is 0 Å². The number of carboxylic acid groups (broad SMARTS) is 1. The number of halogens is 1. The predicted octanol–water partition coefficient (Wildman–Crippen LogP) is 1.26. The molecule has 0 spiro atoms. The lowest BCUT2D eigenvalue weighted by Crippen LogP contribution is -2.25. The van der Waals surface area contributed by atoms with Gasteiger partial charge in [0.1, 0.15) is 5.82 Å². The number of carbonyl (C=O) groups is 2. The minimum absolute atomic E-state index is 0.0220. The van der Waals surface area contributed by atoms with Crippen molar-refractivity contribution in [1.29, 1.82) is 0 Å². The number of anilines is 1. The lowest BCUT2D eigenvalue weighted by atomic mass is 10.1. The average molecular weight is 223 g/mol. The fourth-order valence-electron chi connectivity index (χ4n) is 1.77. The Morgan fingerprint density at radius 3 is 2.81 bits per heavy atom. The molecule has 1 N–H and O–H groups in total. The summed E-state index contributed by atoms with van der Waals surface area (Å²) >= 11 is 0. The van der Waals surface area contributed by atoms with Crippen molar-refractivity contribution in [3.05, 3.63) is 30.1 Å². The van der Waals surface area contributed by atoms with E-state index in [2.05, 4.69) is 0 Å². The van der Waals surface area contributed by atoms with Crippen molar-refractivity contribution in [1.82, 2.24) is 0 Å². The monoisotopic (exact) mass is 223 g/mol. The van der Waals surface area contributed by atoms with E-state index < -0.39 is 17.7 Å². The van der Waals surface area contributed by atoms with Gasteiger partial charge in [-0.25, -0.2) is 4.39 Å². The number of nitrogens with zero attached hydrogens (tertiary/aromatic N) is 1. The van der Waals surface area contributed by atoms with Gasteiger partial charge >= 0.3 is 5.97 Å². The van der Waals surface area contributed by atoms with Crippen LogP contribution in [0.3, 0.4) is 0 Å². The summed E-state index contributed by atoms with van der Waals surface area (Å²) in [6.45, 7) is 0.109. The molecular formula is C11H10FNO3. The Morgan fingerprint density at radius 2 is 2.25 bits per heavy atom. The predicted molar refractivity (Wildman–Crippen MR) is 54.5 cm³/mol. The number of hydrogen-bond acceptors (Lipinski definition) is 2. The van der Waals surface area contributed by atoms with Gasteiger partial charge in [0.25, 0.3) is 0 Å². The van der Waals surface area contributed by atoms with Crippen LogP contribution in [0.2, 0.25) is 0 Å². The zero-order valence-corrected chi connectivity index (χ0v) is 8.39. The maximum absolute atomic E-state index is 12.9. The second-order valence-electron chi connectivity index (χ2n) is 3.72. The van der Waals surface area contributed by atoms with Gasteiger partial charge in [-0.3, -0.25) is 9.59 Å². The molecule has 0 radical (unpaired) electrons. The molecule has 1 saturated heterocycles. The summed E-state index contributed by atoms with van der Waals surface area (Å²) in [7, 11) is 0. The molecule has 0 aromatic heterocycles. The minimum atomic E-state index is -0.993. The smallest absolute Gasteiger partial charge is 0.308 e. The van der Waals surface area contributed by atoms with Gasteiger partial charge in [0.15, 0.2) is 0 Å². The number of rotatable bonds is 2. The summed E-state index contributed by atoms with van der Waals surface area (Å²) in [5.74, 6) is -2.41. The van der Waals surface area contributed by atoms with E-state index in [1.165, 1.54) is 23.1 Å². The van der Waals surface area contributed by atoms with E-state index in [9.17, 15) is 14.0 Å². The van der Waals surface area contributed by atoms with E-state index in [-0.39, 0.29) is 18.9 Å². The van der Waals surface area contributed by atoms with Crippen molar-refractivity contribution in [2.45, 2.75) is 6.42 Å². The Morgan fingerprint density at radius 1 is 1.50 bits per heavy atom. The topological polar surface area (TPSA) is 57.6 Å². The van der Waals surface area contributed by atoms with Gasteiger partial charge in [0, 0.05) is 18.7 Å². The number of aliphatic carboxylic acids is 1. The maximum atomic E-state index is 12.9. The van der Waals surface area contributed by atoms with Crippen molar-refractivity contribution in [2.24, 2.45) is 5.92 Å². The van der Waals surface area contributed by atoms with Crippen LogP contribution in [0.1, 0.15) is 6.42 Å². The average Bonchev–Trinajstić information content (AvgIpc) is 2.60. The highest BCUT2D eigenvalue weighted by atomic mass is 19.1. The van der Waals surface area contributed by atoms with E-state index in [1.807, 2.05) is 0 Å². The molecule has 0 bridgehead atoms. The lowest BCUT2D eigenvalue weighted by molar-refractivity contribution is -0.141. The first kappa shape index (κ1) is 10.6. The van der Waals surface area contributed by atoms with Gasteiger partial charge < -0.3 is 10.0 Å². The van der Waals surface area contributed by atoms with Gasteiger partial charge in [-0.1, -0.05) is 6.07 Å². The van der Waals surface area contributed by atoms with Crippen LogP contribution in [0.15, 0.2) is 24.3 Å². The lowest BCUT2D eigenvalue weighted by Gasteiger charge is -2.15. The summed E-state index contributed by atoms with van der Waals surface area (Å²) < 4.78 is 12.9. The molecule has 1 aromatic carbocycles. The first-order valence-electron chi connectivity index (χ1n) is 4.86. The third-order valence-corrected chi connectivity index (χ3v) is 2.59. The molecule has 16 heavy (non-hydrogen) atoms. The van der Waals surface area contributed by atoms with Crippen molar-refractivity contribution < 1.29 is 19.1 Å². The van der Waals surface area contributed by atoms with Crippen LogP contribution in [0.5, 0.6) is 0 Å². The molecule has 0 unspecified atom stereocenters. The van der Waals surface area contributed by atoms with Crippen LogP contribution >= 0.6 is 0 Å². The van der Waals surface area contributed by atoms with Crippen molar-refractivity contribution in [2.75, 3.05) is 11.4 Å². The van der Waals surface area contributed by atoms with Crippen LogP contribution in [-0.4, -0.2) is 23.5 Å². The van der Waals surface area contributed by atoms with Crippen LogP contribution in [-0.2, 0) is 9.59 Å². The molecule has 5 heteroatoms. The SMILES string of the molecule is O=C(O)[C@@H]1CC(=O)N(c2cccc(F)c2)C1. The molecule has 1 heterocycles. The van der Waals surface area contributed by atoms with E-state index in [4.69, 9.17) is 5.11 Å². The molecule has 1 atom stereocenters. The highest BCUT2D eigenvalue weighted by Crippen LogP contribution is 2.25. The zero-order chi connectivity index (χ0) is 11.7. The number of benzene rings is 1. The minimum Gasteiger partial charge on any atom is -0.481 e. The molecular weight excluding hydrogens is 213 g/mol. The summed E-state index contributed by atoms with van der Waals surface area (Å²) in [4.78, 5) is 23.6. The zero-order valence-electron chi connectivity index (χ0n) is 8.39. The molecule has 2 rings (SSSR count). The molecule has 0 aliphatic carbocycles. The Bertz CT molecular complexity index is 447. The van der Waals surface area contributed by atoms with Crippen molar-refractivity contribution in [3.63, 3.8) is 0 Å². The molecule has 4 nitrogen and oxygen atoms in total. The van der Waals surface area contributed by atoms with Crippen LogP contribution < -0.4 is 4.90 Å². The van der Waals surface area contributed by atoms with Gasteiger partial charge in [0.2, 0.25) is 5.91 Å². The normalized spacial score (nSPS) is 20.2. The fourth-order valence-corrected chi connectivity index (χ4v) is 1.77. The highest BCUT2D eigenvalue weighted by molar-refractivity contribution is 5.99. The Labute approximate surface area is 91.3 Å². The molecule has 1 aliphatic rings. The van der Waals surface area contributed by atoms with E-state index in [1.54, 1.807) is 6.07 Å². The van der Waals surface area contributed by atoms with E-state index >= 15 is 0 Å². The first-order chi connectivity index (χ1) is 7.58. The van der Waals surface area contributed by atoms with Gasteiger partial charge in [-0.15, -0.1) is 0 Å². The third-order valence-electron chi connectivity index (χ3n) is 2.59. The van der Waals surface area contributed by atoms with E-state index in [0.29, 0.717) is 5.69 Å². The van der Waals surface area contributed by atoms with Gasteiger partial charge in [-0.05, 0) is 18.2 Å². The molecule has 84 valence electrons. The van der Waals surface area contributed by atoms with Crippen LogP contribution in [0, 0.1) is 11.7 Å². The van der Waals surface area contributed by atoms with Crippen LogP contribution in [0.4, 0.5) is 10.1 Å². The maximum Gasteiger partial charge on any atom is 0.308 e. The van der Waals surface area contributed by atoms with Crippen molar-refractivity contribution in [3.8, 4) is 0 Å². The number of hydrogen-bond donors (Lipinski definition) is 1. The molecule has 0 saturated carbocycles. The second kappa shape index (κ2) is 3.92. The largest absolute Gasteiger partial charge is 0.481 e. The standard InChI is InChI=1S/C11H10FNO3/c12-8-2-1-3-9(5-8)13-6-7(11(15)16)4-10(13)14/h1-3,5,7H,4,6H2,(H,15,16)/t7-/m1/s1. The molecule has 1 aliphatic heterocycles. The van der Waals surface area contributed by atoms with Crippen molar-refractivity contribution >= 4 is 17.6 Å². The number of carboxylic acids is 1.